The van der Waals surface area contributed by atoms with Crippen molar-refractivity contribution in [2.45, 2.75) is 38.5 Å². The highest BCUT2D eigenvalue weighted by Crippen LogP contribution is 2.28. The fourth-order valence-electron chi connectivity index (χ4n) is 2.02. The van der Waals surface area contributed by atoms with Crippen LogP contribution in [-0.2, 0) is 6.42 Å². The second-order valence-electron chi connectivity index (χ2n) is 3.84. The summed E-state index contributed by atoms with van der Waals surface area (Å²) in [7, 11) is 0. The lowest BCUT2D eigenvalue weighted by Gasteiger charge is -2.20. The third-order valence-corrected chi connectivity index (χ3v) is 2.76. The van der Waals surface area contributed by atoms with Crippen LogP contribution in [0.1, 0.15) is 37.7 Å². The molecule has 1 aromatic heterocycles. The van der Waals surface area contributed by atoms with Crippen LogP contribution in [0.3, 0.4) is 0 Å². The standard InChI is InChI=1S/C12H16N/c1-2-4-11(5-3-1)10-12-6-8-13-9-7-12/h6-9H,1-5,10H2. The number of nitrogens with zero attached hydrogens (tertiary/aromatic N) is 1. The second kappa shape index (κ2) is 4.40. The van der Waals surface area contributed by atoms with Gasteiger partial charge in [0.15, 0.2) is 0 Å². The average molecular weight is 174 g/mol. The van der Waals surface area contributed by atoms with Crippen molar-refractivity contribution in [1.82, 2.24) is 4.98 Å². The Morgan fingerprint density at radius 2 is 1.69 bits per heavy atom. The molecule has 0 atom stereocenters. The van der Waals surface area contributed by atoms with E-state index in [0.29, 0.717) is 0 Å². The monoisotopic (exact) mass is 174 g/mol. The van der Waals surface area contributed by atoms with E-state index < -0.39 is 0 Å². The smallest absolute Gasteiger partial charge is 0.0270 e. The van der Waals surface area contributed by atoms with Crippen LogP contribution in [0.5, 0.6) is 0 Å². The number of hydrogen-bond donors (Lipinski definition) is 0. The molecule has 0 amide bonds. The molecule has 0 aliphatic heterocycles. The maximum atomic E-state index is 4.03. The number of hydrogen-bond acceptors (Lipinski definition) is 1. The summed E-state index contributed by atoms with van der Waals surface area (Å²) in [6, 6.07) is 4.25. The first kappa shape index (κ1) is 8.74. The maximum Gasteiger partial charge on any atom is 0.0270 e. The molecule has 1 aliphatic carbocycles. The van der Waals surface area contributed by atoms with Gasteiger partial charge in [0.25, 0.3) is 0 Å². The molecule has 1 saturated carbocycles. The van der Waals surface area contributed by atoms with E-state index in [1.54, 1.807) is 5.92 Å². The molecule has 0 saturated heterocycles. The van der Waals surface area contributed by atoms with Crippen LogP contribution in [0.25, 0.3) is 0 Å². The molecule has 0 unspecified atom stereocenters. The highest BCUT2D eigenvalue weighted by molar-refractivity contribution is 5.16. The van der Waals surface area contributed by atoms with E-state index in [1.807, 2.05) is 12.4 Å². The molecule has 0 N–H and O–H groups in total. The van der Waals surface area contributed by atoms with Crippen molar-refractivity contribution in [3.05, 3.63) is 36.0 Å². The van der Waals surface area contributed by atoms with E-state index in [9.17, 15) is 0 Å². The Balaban J connectivity index is 1.90. The van der Waals surface area contributed by atoms with Gasteiger partial charge in [-0.15, -0.1) is 0 Å². The Kier molecular flexibility index (Phi) is 2.96. The molecule has 0 aromatic carbocycles. The molecular weight excluding hydrogens is 158 g/mol. The first-order valence-corrected chi connectivity index (χ1v) is 5.17. The third kappa shape index (κ3) is 2.55. The largest absolute Gasteiger partial charge is 0.265 e. The quantitative estimate of drug-likeness (QED) is 0.671. The molecule has 1 nitrogen and oxygen atoms in total. The first-order chi connectivity index (χ1) is 6.45. The summed E-state index contributed by atoms with van der Waals surface area (Å²) in [5.74, 6) is 1.73. The Morgan fingerprint density at radius 3 is 2.38 bits per heavy atom. The van der Waals surface area contributed by atoms with E-state index in [0.717, 1.165) is 0 Å². The Bertz CT molecular complexity index is 237. The Hall–Kier alpha value is -0.850. The predicted octanol–water partition coefficient (Wildman–Crippen LogP) is 3.16. The van der Waals surface area contributed by atoms with E-state index in [1.165, 1.54) is 44.1 Å². The Labute approximate surface area is 80.2 Å². The minimum atomic E-state index is 1.18. The molecule has 1 radical (unpaired) electrons. The molecule has 69 valence electrons. The van der Waals surface area contributed by atoms with E-state index in [-0.39, 0.29) is 0 Å². The molecule has 1 heterocycles. The SMILES string of the molecule is c1cc(C[C]2CCCCC2)ccn1. The van der Waals surface area contributed by atoms with Crippen molar-refractivity contribution in [2.75, 3.05) is 0 Å². The van der Waals surface area contributed by atoms with Gasteiger partial charge in [0.05, 0.1) is 0 Å². The lowest BCUT2D eigenvalue weighted by Crippen LogP contribution is -2.06. The van der Waals surface area contributed by atoms with E-state index >= 15 is 0 Å². The van der Waals surface area contributed by atoms with Gasteiger partial charge in [-0.25, -0.2) is 0 Å². The van der Waals surface area contributed by atoms with Gasteiger partial charge in [-0.05, 0) is 42.9 Å². The molecule has 1 aromatic rings. The van der Waals surface area contributed by atoms with Crippen molar-refractivity contribution in [2.24, 2.45) is 0 Å². The van der Waals surface area contributed by atoms with Gasteiger partial charge in [0, 0.05) is 12.4 Å². The fraction of sp³-hybridized carbons (Fsp3) is 0.500. The topological polar surface area (TPSA) is 12.9 Å². The summed E-state index contributed by atoms with van der Waals surface area (Å²) in [5, 5.41) is 0. The summed E-state index contributed by atoms with van der Waals surface area (Å²) in [5.41, 5.74) is 1.42. The van der Waals surface area contributed by atoms with Crippen LogP contribution in [0.2, 0.25) is 0 Å². The molecule has 1 fully saturated rings. The highest BCUT2D eigenvalue weighted by atomic mass is 14.6. The zero-order valence-corrected chi connectivity index (χ0v) is 8.00. The summed E-state index contributed by atoms with van der Waals surface area (Å²) in [4.78, 5) is 4.03. The lowest BCUT2D eigenvalue weighted by molar-refractivity contribution is 0.520. The molecule has 1 aliphatic rings. The molecule has 0 spiro atoms. The fourth-order valence-corrected chi connectivity index (χ4v) is 2.02. The first-order valence-electron chi connectivity index (χ1n) is 5.17. The van der Waals surface area contributed by atoms with Crippen molar-refractivity contribution >= 4 is 0 Å². The molecular formula is C12H16N. The normalized spacial score (nSPS) is 18.8. The molecule has 13 heavy (non-hydrogen) atoms. The van der Waals surface area contributed by atoms with Gasteiger partial charge in [-0.3, -0.25) is 4.98 Å². The summed E-state index contributed by atoms with van der Waals surface area (Å²) in [6.07, 6.45) is 11.9. The molecule has 0 bridgehead atoms. The van der Waals surface area contributed by atoms with Gasteiger partial charge >= 0.3 is 0 Å². The van der Waals surface area contributed by atoms with Crippen LogP contribution in [0, 0.1) is 5.92 Å². The Morgan fingerprint density at radius 1 is 1.00 bits per heavy atom. The van der Waals surface area contributed by atoms with Gasteiger partial charge in [0.1, 0.15) is 0 Å². The highest BCUT2D eigenvalue weighted by Gasteiger charge is 2.13. The number of aromatic nitrogens is 1. The van der Waals surface area contributed by atoms with Crippen molar-refractivity contribution in [1.29, 1.82) is 0 Å². The van der Waals surface area contributed by atoms with Crippen molar-refractivity contribution < 1.29 is 0 Å². The molecule has 1 heteroatoms. The van der Waals surface area contributed by atoms with Crippen LogP contribution >= 0.6 is 0 Å². The van der Waals surface area contributed by atoms with Crippen LogP contribution in [0.4, 0.5) is 0 Å². The number of rotatable bonds is 2. The zero-order valence-electron chi connectivity index (χ0n) is 8.00. The van der Waals surface area contributed by atoms with Gasteiger partial charge in [-0.1, -0.05) is 19.3 Å². The minimum absolute atomic E-state index is 1.18. The van der Waals surface area contributed by atoms with Crippen LogP contribution in [-0.4, -0.2) is 4.98 Å². The van der Waals surface area contributed by atoms with E-state index in [4.69, 9.17) is 0 Å². The van der Waals surface area contributed by atoms with E-state index in [2.05, 4.69) is 17.1 Å². The predicted molar refractivity (Wildman–Crippen MR) is 54.3 cm³/mol. The van der Waals surface area contributed by atoms with Crippen LogP contribution < -0.4 is 0 Å². The summed E-state index contributed by atoms with van der Waals surface area (Å²) < 4.78 is 0. The minimum Gasteiger partial charge on any atom is -0.265 e. The number of pyridine rings is 1. The lowest BCUT2D eigenvalue weighted by atomic mass is 9.85. The summed E-state index contributed by atoms with van der Waals surface area (Å²) >= 11 is 0. The third-order valence-electron chi connectivity index (χ3n) is 2.76. The maximum absolute atomic E-state index is 4.03. The van der Waals surface area contributed by atoms with Crippen molar-refractivity contribution in [3.8, 4) is 0 Å². The van der Waals surface area contributed by atoms with Crippen LogP contribution in [0.15, 0.2) is 24.5 Å². The van der Waals surface area contributed by atoms with Gasteiger partial charge in [-0.2, -0.15) is 0 Å². The summed E-state index contributed by atoms with van der Waals surface area (Å²) in [6.45, 7) is 0. The average Bonchev–Trinajstić information content (AvgIpc) is 2.21. The second-order valence-corrected chi connectivity index (χ2v) is 3.84. The van der Waals surface area contributed by atoms with Gasteiger partial charge in [0.2, 0.25) is 0 Å². The molecule has 2 rings (SSSR count). The zero-order chi connectivity index (χ0) is 8.93. The van der Waals surface area contributed by atoms with Crippen molar-refractivity contribution in [3.63, 3.8) is 0 Å². The van der Waals surface area contributed by atoms with Gasteiger partial charge < -0.3 is 0 Å².